The number of benzene rings is 1. The largest absolute Gasteiger partial charge is 0.507 e. The predicted octanol–water partition coefficient (Wildman–Crippen LogP) is 1.18. The maximum absolute atomic E-state index is 14.1. The zero-order chi connectivity index (χ0) is 26.4. The molecule has 0 radical (unpaired) electrons. The molecule has 13 heteroatoms. The first-order valence-electron chi connectivity index (χ1n) is 10.9. The van der Waals surface area contributed by atoms with E-state index in [1.807, 2.05) is 0 Å². The summed E-state index contributed by atoms with van der Waals surface area (Å²) in [6.07, 6.45) is 2.58. The molecule has 2 aliphatic heterocycles. The molecule has 3 atom stereocenters. The van der Waals surface area contributed by atoms with Crippen LogP contribution in [0.25, 0.3) is 5.76 Å². The summed E-state index contributed by atoms with van der Waals surface area (Å²) < 4.78 is 25.6. The molecule has 0 saturated heterocycles. The lowest BCUT2D eigenvalue weighted by molar-refractivity contribution is -0.131. The van der Waals surface area contributed by atoms with Crippen LogP contribution in [0.15, 0.2) is 65.2 Å². The quantitative estimate of drug-likeness (QED) is 0.219. The molecule has 0 aromatic heterocycles. The van der Waals surface area contributed by atoms with Crippen molar-refractivity contribution in [2.45, 2.75) is 29.7 Å². The Balaban J connectivity index is 1.83. The minimum absolute atomic E-state index is 0.0136. The van der Waals surface area contributed by atoms with Gasteiger partial charge in [-0.15, -0.1) is 6.58 Å². The van der Waals surface area contributed by atoms with Gasteiger partial charge in [-0.25, -0.2) is 13.5 Å². The van der Waals surface area contributed by atoms with Crippen LogP contribution < -0.4 is 15.5 Å². The van der Waals surface area contributed by atoms with Gasteiger partial charge in [0.25, 0.3) is 0 Å². The highest BCUT2D eigenvalue weighted by molar-refractivity contribution is 8.00. The van der Waals surface area contributed by atoms with Gasteiger partial charge in [0, 0.05) is 16.8 Å². The number of dihydropyridines is 1. The van der Waals surface area contributed by atoms with Gasteiger partial charge < -0.3 is 20.4 Å². The number of hydrogen-bond acceptors (Lipinski definition) is 11. The summed E-state index contributed by atoms with van der Waals surface area (Å²) in [5.41, 5.74) is 2.00. The third-order valence-corrected chi connectivity index (χ3v) is 7.80. The molecule has 0 amide bonds. The van der Waals surface area contributed by atoms with Gasteiger partial charge in [0.1, 0.15) is 27.9 Å². The van der Waals surface area contributed by atoms with Gasteiger partial charge in [0.15, 0.2) is 5.78 Å². The number of Topliss-reactive ketones (excluding diaryl/α,β-unsaturated/α-hetero) is 1. The second-order valence-electron chi connectivity index (χ2n) is 8.87. The topological polar surface area (TPSA) is 160 Å². The third-order valence-electron chi connectivity index (χ3n) is 5.96. The number of nitrogens with one attached hydrogen (secondary N) is 3. The highest BCUT2D eigenvalue weighted by Crippen LogP contribution is 2.47. The minimum Gasteiger partial charge on any atom is -0.507 e. The normalized spacial score (nSPS) is 26.2. The number of sulfonamides is 1. The molecule has 6 N–H and O–H groups in total. The third kappa shape index (κ3) is 4.53. The molecule has 4 rings (SSSR count). The van der Waals surface area contributed by atoms with E-state index in [1.165, 1.54) is 13.2 Å². The summed E-state index contributed by atoms with van der Waals surface area (Å²) in [6, 6.07) is 6.82. The van der Waals surface area contributed by atoms with Crippen molar-refractivity contribution in [3.8, 4) is 0 Å². The number of nitrogens with zero attached hydrogens (tertiary/aromatic N) is 1. The number of ketones is 1. The van der Waals surface area contributed by atoms with Crippen LogP contribution in [-0.4, -0.2) is 65.4 Å². The number of aliphatic hydroxyl groups excluding tert-OH is 2. The number of carbonyl (C=O) groups excluding carboxylic acids is 1. The van der Waals surface area contributed by atoms with Gasteiger partial charge in [-0.3, -0.25) is 14.7 Å². The van der Waals surface area contributed by atoms with Gasteiger partial charge in [-0.2, -0.15) is 5.48 Å². The van der Waals surface area contributed by atoms with Gasteiger partial charge in [-0.1, -0.05) is 41.6 Å². The number of hydroxylamine groups is 3. The summed E-state index contributed by atoms with van der Waals surface area (Å²) in [5.74, 6) is -0.797. The maximum atomic E-state index is 14.1. The first kappa shape index (κ1) is 26.3. The van der Waals surface area contributed by atoms with Crippen molar-refractivity contribution in [1.82, 2.24) is 20.6 Å². The molecule has 1 aromatic carbocycles. The second kappa shape index (κ2) is 9.57. The summed E-state index contributed by atoms with van der Waals surface area (Å²) in [6.45, 7) is 5.73. The van der Waals surface area contributed by atoms with E-state index in [0.29, 0.717) is 16.7 Å². The van der Waals surface area contributed by atoms with E-state index in [0.717, 1.165) is 23.1 Å². The maximum Gasteiger partial charge on any atom is 0.229 e. The predicted molar refractivity (Wildman–Crippen MR) is 134 cm³/mol. The molecule has 0 spiro atoms. The van der Waals surface area contributed by atoms with Crippen LogP contribution in [0.1, 0.15) is 24.5 Å². The highest BCUT2D eigenvalue weighted by Gasteiger charge is 2.52. The average Bonchev–Trinajstić information content (AvgIpc) is 2.79. The summed E-state index contributed by atoms with van der Waals surface area (Å²) in [7, 11) is -2.17. The van der Waals surface area contributed by atoms with Crippen molar-refractivity contribution in [2.75, 3.05) is 19.9 Å². The Morgan fingerprint density at radius 1 is 1.39 bits per heavy atom. The lowest BCUT2D eigenvalue weighted by Crippen LogP contribution is -2.55. The Labute approximate surface area is 213 Å². The van der Waals surface area contributed by atoms with E-state index in [1.54, 1.807) is 31.2 Å². The van der Waals surface area contributed by atoms with E-state index < -0.39 is 32.2 Å². The highest BCUT2D eigenvalue weighted by atomic mass is 32.2. The lowest BCUT2D eigenvalue weighted by atomic mass is 9.72. The smallest absolute Gasteiger partial charge is 0.229 e. The van der Waals surface area contributed by atoms with Crippen molar-refractivity contribution in [1.29, 1.82) is 0 Å². The number of rotatable bonds is 7. The first-order chi connectivity index (χ1) is 16.9. The fourth-order valence-electron chi connectivity index (χ4n) is 4.69. The second-order valence-corrected chi connectivity index (χ2v) is 11.8. The van der Waals surface area contributed by atoms with Gasteiger partial charge in [-0.05, 0) is 25.0 Å². The Kier molecular flexibility index (Phi) is 6.98. The number of thioether (sulfide) groups is 1. The Morgan fingerprint density at radius 2 is 2.08 bits per heavy atom. The van der Waals surface area contributed by atoms with Crippen molar-refractivity contribution in [3.63, 3.8) is 0 Å². The van der Waals surface area contributed by atoms with E-state index >= 15 is 0 Å². The van der Waals surface area contributed by atoms with Crippen LogP contribution in [0.4, 0.5) is 0 Å². The first-order valence-corrected chi connectivity index (χ1v) is 13.7. The van der Waals surface area contributed by atoms with Gasteiger partial charge in [0.05, 0.1) is 25.5 Å². The number of fused-ring (bicyclic) bond motifs is 1. The zero-order valence-corrected chi connectivity index (χ0v) is 21.5. The minimum atomic E-state index is -3.55. The molecule has 36 heavy (non-hydrogen) atoms. The molecule has 2 heterocycles. The number of aliphatic hydroxyl groups is 2. The molecule has 194 valence electrons. The lowest BCUT2D eigenvalue weighted by Gasteiger charge is -2.44. The van der Waals surface area contributed by atoms with Gasteiger partial charge >= 0.3 is 0 Å². The van der Waals surface area contributed by atoms with E-state index in [9.17, 15) is 28.6 Å². The summed E-state index contributed by atoms with van der Waals surface area (Å²) >= 11 is 0.809. The SMILES string of the molecule is C=C(C)CC1(NOC)C(=O)C(C2SC(O)C3=C(NCC(NS(C)(=O)=O)=C3)N2O)=C(O)c2ccccc21. The molecule has 11 nitrogen and oxygen atoms in total. The molecule has 0 saturated carbocycles. The van der Waals surface area contributed by atoms with E-state index in [2.05, 4.69) is 22.1 Å². The van der Waals surface area contributed by atoms with Crippen LogP contribution in [0.2, 0.25) is 0 Å². The van der Waals surface area contributed by atoms with Crippen molar-refractivity contribution in [2.24, 2.45) is 0 Å². The van der Waals surface area contributed by atoms with Crippen LogP contribution in [-0.2, 0) is 25.2 Å². The van der Waals surface area contributed by atoms with Crippen LogP contribution >= 0.6 is 11.8 Å². The van der Waals surface area contributed by atoms with Crippen LogP contribution in [0, 0.1) is 0 Å². The summed E-state index contributed by atoms with van der Waals surface area (Å²) in [4.78, 5) is 19.3. The summed E-state index contributed by atoms with van der Waals surface area (Å²) in [5, 5.41) is 35.8. The van der Waals surface area contributed by atoms with E-state index in [4.69, 9.17) is 4.84 Å². The molecule has 0 fully saturated rings. The average molecular weight is 537 g/mol. The monoisotopic (exact) mass is 536 g/mol. The van der Waals surface area contributed by atoms with Gasteiger partial charge in [0.2, 0.25) is 10.0 Å². The van der Waals surface area contributed by atoms with Crippen molar-refractivity contribution < 1.29 is 33.5 Å². The number of carbonyl (C=O) groups is 1. The van der Waals surface area contributed by atoms with Crippen LogP contribution in [0.5, 0.6) is 0 Å². The Hall–Kier alpha value is -2.81. The molecular weight excluding hydrogens is 508 g/mol. The Bertz CT molecular complexity index is 1320. The molecule has 3 aliphatic rings. The van der Waals surface area contributed by atoms with Crippen molar-refractivity contribution >= 4 is 33.3 Å². The fraction of sp³-hybridized carbons (Fsp3) is 0.348. The zero-order valence-electron chi connectivity index (χ0n) is 19.9. The molecule has 1 aliphatic carbocycles. The number of hydrogen-bond donors (Lipinski definition) is 6. The molecule has 0 bridgehead atoms. The standard InChI is InChI=1S/C23H28N4O7S2/c1-12(2)10-23(26-34-3)16-8-6-5-7-14(16)18(28)17(19(23)29)21-27(31)20-15(22(30)35-21)9-13(11-24-20)25-36(4,32)33/h5-9,21-22,24-26,28,30-31H,1,10-11H2,2-4H3. The van der Waals surface area contributed by atoms with E-state index in [-0.39, 0.29) is 41.4 Å². The molecule has 3 unspecified atom stereocenters. The van der Waals surface area contributed by atoms with Crippen molar-refractivity contribution in [3.05, 3.63) is 76.3 Å². The Morgan fingerprint density at radius 3 is 2.72 bits per heavy atom. The molecular formula is C23H28N4O7S2. The fourth-order valence-corrected chi connectivity index (χ4v) is 6.44. The molecule has 1 aromatic rings. The van der Waals surface area contributed by atoms with Crippen LogP contribution in [0.3, 0.4) is 0 Å².